The van der Waals surface area contributed by atoms with Crippen molar-refractivity contribution in [2.75, 3.05) is 16.8 Å². The average molecular weight is 277 g/mol. The first-order valence-corrected chi connectivity index (χ1v) is 6.25. The number of carbonyl (C=O) groups excluding carboxylic acids is 2. The number of hydrogen-bond acceptors (Lipinski definition) is 3. The van der Waals surface area contributed by atoms with E-state index >= 15 is 0 Å². The van der Waals surface area contributed by atoms with Crippen LogP contribution in [-0.4, -0.2) is 23.3 Å². The number of amides is 2. The van der Waals surface area contributed by atoms with Gasteiger partial charge in [-0.1, -0.05) is 24.4 Å². The number of benzene rings is 1. The van der Waals surface area contributed by atoms with Gasteiger partial charge in [-0.25, -0.2) is 0 Å². The average Bonchev–Trinajstić information content (AvgIpc) is 2.36. The van der Waals surface area contributed by atoms with Crippen LogP contribution in [0.5, 0.6) is 0 Å². The molecule has 0 bridgehead atoms. The van der Waals surface area contributed by atoms with Crippen LogP contribution < -0.4 is 16.0 Å². The highest BCUT2D eigenvalue weighted by atomic mass is 32.1. The molecular weight excluding hydrogens is 262 g/mol. The van der Waals surface area contributed by atoms with Crippen LogP contribution in [0.1, 0.15) is 13.8 Å². The lowest BCUT2D eigenvalue weighted by atomic mass is 9.91. The summed E-state index contributed by atoms with van der Waals surface area (Å²) in [5.41, 5.74) is 5.91. The minimum atomic E-state index is -0.986. The smallest absolute Gasteiger partial charge is 0.244 e. The fourth-order valence-corrected chi connectivity index (χ4v) is 1.94. The summed E-state index contributed by atoms with van der Waals surface area (Å²) in [6.07, 6.45) is 0. The first-order valence-electron chi connectivity index (χ1n) is 5.85. The van der Waals surface area contributed by atoms with Gasteiger partial charge < -0.3 is 16.0 Å². The number of fused-ring (bicyclic) bond motifs is 1. The third-order valence-corrected chi connectivity index (χ3v) is 3.68. The van der Waals surface area contributed by atoms with Gasteiger partial charge in [-0.3, -0.25) is 9.59 Å². The van der Waals surface area contributed by atoms with Gasteiger partial charge in [0, 0.05) is 0 Å². The lowest BCUT2D eigenvalue weighted by molar-refractivity contribution is -0.125. The van der Waals surface area contributed by atoms with Crippen LogP contribution in [0.3, 0.4) is 0 Å². The van der Waals surface area contributed by atoms with Crippen molar-refractivity contribution in [1.29, 1.82) is 0 Å². The number of nitrogens with zero attached hydrogens (tertiary/aromatic N) is 1. The summed E-state index contributed by atoms with van der Waals surface area (Å²) in [6, 6.07) is 7.14. The number of anilines is 2. The highest BCUT2D eigenvalue weighted by molar-refractivity contribution is 7.80. The molecule has 0 unspecified atom stereocenters. The maximum absolute atomic E-state index is 12.5. The number of hydrogen-bond donors (Lipinski definition) is 2. The van der Waals surface area contributed by atoms with Crippen molar-refractivity contribution in [2.45, 2.75) is 13.8 Å². The standard InChI is InChI=1S/C13H15N3O2S/c1-13(2,11(14)19)12(18)16-7-10(17)15-8-5-3-4-6-9(8)16/h3-6H,7H2,1-2H3,(H2,14,19)(H,15,17). The van der Waals surface area contributed by atoms with Gasteiger partial charge in [0.05, 0.1) is 21.8 Å². The molecule has 3 N–H and O–H groups in total. The van der Waals surface area contributed by atoms with Gasteiger partial charge in [-0.15, -0.1) is 0 Å². The van der Waals surface area contributed by atoms with E-state index in [1.54, 1.807) is 32.0 Å². The highest BCUT2D eigenvalue weighted by Crippen LogP contribution is 2.32. The molecule has 6 heteroatoms. The Bertz CT molecular complexity index is 569. The van der Waals surface area contributed by atoms with Crippen molar-refractivity contribution < 1.29 is 9.59 Å². The third kappa shape index (κ3) is 2.31. The number of carbonyl (C=O) groups is 2. The molecule has 1 aromatic carbocycles. The molecule has 1 heterocycles. The third-order valence-electron chi connectivity index (χ3n) is 3.17. The molecule has 0 fully saturated rings. The Hall–Kier alpha value is -1.95. The van der Waals surface area contributed by atoms with E-state index in [0.29, 0.717) is 11.4 Å². The second-order valence-corrected chi connectivity index (χ2v) is 5.39. The molecule has 100 valence electrons. The van der Waals surface area contributed by atoms with Crippen LogP contribution in [-0.2, 0) is 9.59 Å². The van der Waals surface area contributed by atoms with E-state index in [2.05, 4.69) is 5.32 Å². The van der Waals surface area contributed by atoms with E-state index < -0.39 is 5.41 Å². The molecule has 0 saturated heterocycles. The molecule has 1 aromatic rings. The SMILES string of the molecule is CC(C)(C(=O)N1CC(=O)Nc2ccccc21)C(N)=S. The Kier molecular flexibility index (Phi) is 3.28. The minimum Gasteiger partial charge on any atom is -0.392 e. The number of nitrogens with one attached hydrogen (secondary N) is 1. The van der Waals surface area contributed by atoms with Crippen molar-refractivity contribution in [2.24, 2.45) is 11.1 Å². The van der Waals surface area contributed by atoms with Crippen molar-refractivity contribution in [3.8, 4) is 0 Å². The van der Waals surface area contributed by atoms with Crippen molar-refractivity contribution in [1.82, 2.24) is 0 Å². The van der Waals surface area contributed by atoms with E-state index in [4.69, 9.17) is 18.0 Å². The summed E-state index contributed by atoms with van der Waals surface area (Å²) in [6.45, 7) is 3.29. The van der Waals surface area contributed by atoms with Gasteiger partial charge in [0.25, 0.3) is 0 Å². The van der Waals surface area contributed by atoms with Gasteiger partial charge in [0.1, 0.15) is 6.54 Å². The van der Waals surface area contributed by atoms with Gasteiger partial charge in [0.15, 0.2) is 0 Å². The first kappa shape index (κ1) is 13.5. The Morgan fingerprint density at radius 2 is 2.05 bits per heavy atom. The van der Waals surface area contributed by atoms with Crippen LogP contribution in [0.15, 0.2) is 24.3 Å². The van der Waals surface area contributed by atoms with E-state index in [1.165, 1.54) is 4.90 Å². The fraction of sp³-hybridized carbons (Fsp3) is 0.308. The Labute approximate surface area is 116 Å². The molecular formula is C13H15N3O2S. The molecule has 0 aliphatic carbocycles. The van der Waals surface area contributed by atoms with Crippen molar-refractivity contribution in [3.05, 3.63) is 24.3 Å². The molecule has 0 atom stereocenters. The zero-order valence-electron chi connectivity index (χ0n) is 10.8. The van der Waals surface area contributed by atoms with Gasteiger partial charge >= 0.3 is 0 Å². The molecule has 0 spiro atoms. The van der Waals surface area contributed by atoms with Crippen LogP contribution in [0.4, 0.5) is 11.4 Å². The van der Waals surface area contributed by atoms with Crippen LogP contribution >= 0.6 is 12.2 Å². The number of nitrogens with two attached hydrogens (primary N) is 1. The molecule has 2 rings (SSSR count). The number of thiocarbonyl (C=S) groups is 1. The van der Waals surface area contributed by atoms with Crippen LogP contribution in [0.25, 0.3) is 0 Å². The minimum absolute atomic E-state index is 0.0259. The van der Waals surface area contributed by atoms with E-state index in [9.17, 15) is 9.59 Å². The molecule has 19 heavy (non-hydrogen) atoms. The Morgan fingerprint density at radius 3 is 2.68 bits per heavy atom. The normalized spacial score (nSPS) is 14.6. The zero-order chi connectivity index (χ0) is 14.2. The van der Waals surface area contributed by atoms with Gasteiger partial charge in [-0.05, 0) is 26.0 Å². The molecule has 1 aliphatic heterocycles. The van der Waals surface area contributed by atoms with Crippen molar-refractivity contribution >= 4 is 40.4 Å². The summed E-state index contributed by atoms with van der Waals surface area (Å²) >= 11 is 4.94. The fourth-order valence-electron chi connectivity index (χ4n) is 1.86. The van der Waals surface area contributed by atoms with Crippen LogP contribution in [0, 0.1) is 5.41 Å². The molecule has 5 nitrogen and oxygen atoms in total. The number of para-hydroxylation sites is 2. The van der Waals surface area contributed by atoms with Gasteiger partial charge in [-0.2, -0.15) is 0 Å². The predicted molar refractivity (Wildman–Crippen MR) is 78.0 cm³/mol. The summed E-state index contributed by atoms with van der Waals surface area (Å²) < 4.78 is 0. The summed E-state index contributed by atoms with van der Waals surface area (Å²) in [7, 11) is 0. The highest BCUT2D eigenvalue weighted by Gasteiger charge is 2.38. The summed E-state index contributed by atoms with van der Waals surface area (Å²) in [4.78, 5) is 25.8. The lowest BCUT2D eigenvalue weighted by Gasteiger charge is -2.34. The second-order valence-electron chi connectivity index (χ2n) is 4.95. The summed E-state index contributed by atoms with van der Waals surface area (Å²) in [5, 5.41) is 2.73. The topological polar surface area (TPSA) is 75.4 Å². The van der Waals surface area contributed by atoms with E-state index in [-0.39, 0.29) is 23.3 Å². The zero-order valence-corrected chi connectivity index (χ0v) is 11.6. The lowest BCUT2D eigenvalue weighted by Crippen LogP contribution is -2.51. The maximum Gasteiger partial charge on any atom is 0.244 e. The molecule has 0 radical (unpaired) electrons. The Balaban J connectivity index is 2.44. The number of rotatable bonds is 2. The van der Waals surface area contributed by atoms with Crippen LogP contribution in [0.2, 0.25) is 0 Å². The van der Waals surface area contributed by atoms with Crippen molar-refractivity contribution in [3.63, 3.8) is 0 Å². The first-order chi connectivity index (χ1) is 8.84. The molecule has 2 amide bonds. The molecule has 0 saturated carbocycles. The van der Waals surface area contributed by atoms with E-state index in [0.717, 1.165) is 0 Å². The Morgan fingerprint density at radius 1 is 1.42 bits per heavy atom. The van der Waals surface area contributed by atoms with Gasteiger partial charge in [0.2, 0.25) is 11.8 Å². The predicted octanol–water partition coefficient (Wildman–Crippen LogP) is 1.28. The largest absolute Gasteiger partial charge is 0.392 e. The molecule has 1 aliphatic rings. The molecule has 0 aromatic heterocycles. The maximum atomic E-state index is 12.5. The summed E-state index contributed by atoms with van der Waals surface area (Å²) in [5.74, 6) is -0.506. The van der Waals surface area contributed by atoms with E-state index in [1.807, 2.05) is 6.07 Å². The monoisotopic (exact) mass is 277 g/mol. The quantitative estimate of drug-likeness (QED) is 0.799. The second kappa shape index (κ2) is 4.62.